The van der Waals surface area contributed by atoms with Crippen molar-refractivity contribution in [1.82, 2.24) is 10.3 Å². The first kappa shape index (κ1) is 13.7. The molecule has 0 fully saturated rings. The molecule has 0 aliphatic rings. The largest absolute Gasteiger partial charge is 0.309 e. The van der Waals surface area contributed by atoms with Gasteiger partial charge in [-0.15, -0.1) is 11.3 Å². The highest BCUT2D eigenvalue weighted by Crippen LogP contribution is 2.34. The fourth-order valence-electron chi connectivity index (χ4n) is 1.96. The maximum absolute atomic E-state index is 4.73. The number of aryl methyl sites for hydroxylation is 2. The van der Waals surface area contributed by atoms with Crippen LogP contribution in [0.2, 0.25) is 0 Å². The average molecular weight is 280 g/mol. The van der Waals surface area contributed by atoms with E-state index >= 15 is 0 Å². The molecule has 2 aromatic heterocycles. The molecule has 2 rings (SSSR count). The van der Waals surface area contributed by atoms with Gasteiger partial charge in [0.1, 0.15) is 5.01 Å². The predicted molar refractivity (Wildman–Crippen MR) is 81.6 cm³/mol. The van der Waals surface area contributed by atoms with Crippen LogP contribution in [0.3, 0.4) is 0 Å². The summed E-state index contributed by atoms with van der Waals surface area (Å²) in [6, 6.07) is 0.398. The summed E-state index contributed by atoms with van der Waals surface area (Å²) in [5.41, 5.74) is 3.79. The van der Waals surface area contributed by atoms with Crippen LogP contribution >= 0.6 is 22.7 Å². The fourth-order valence-corrected chi connectivity index (χ4v) is 4.04. The zero-order chi connectivity index (χ0) is 13.1. The van der Waals surface area contributed by atoms with E-state index in [1.54, 1.807) is 11.3 Å². The molecule has 2 aromatic rings. The number of thiazole rings is 1. The van der Waals surface area contributed by atoms with Gasteiger partial charge in [0.2, 0.25) is 0 Å². The number of thiophene rings is 1. The number of hydrogen-bond acceptors (Lipinski definition) is 4. The smallest absolute Gasteiger partial charge is 0.125 e. The van der Waals surface area contributed by atoms with Gasteiger partial charge in [-0.1, -0.05) is 6.92 Å². The zero-order valence-electron chi connectivity index (χ0n) is 11.4. The second kappa shape index (κ2) is 5.95. The summed E-state index contributed by atoms with van der Waals surface area (Å²) in [7, 11) is 0. The van der Waals surface area contributed by atoms with Crippen LogP contribution in [-0.4, -0.2) is 11.5 Å². The Morgan fingerprint density at radius 1 is 1.33 bits per heavy atom. The number of nitrogens with zero attached hydrogens (tertiary/aromatic N) is 1. The highest BCUT2D eigenvalue weighted by atomic mass is 32.1. The molecule has 2 nitrogen and oxygen atoms in total. The molecule has 0 aromatic carbocycles. The van der Waals surface area contributed by atoms with Gasteiger partial charge in [-0.2, -0.15) is 11.3 Å². The summed E-state index contributed by atoms with van der Waals surface area (Å²) in [4.78, 5) is 6.09. The van der Waals surface area contributed by atoms with Crippen molar-refractivity contribution < 1.29 is 0 Å². The minimum absolute atomic E-state index is 0.398. The minimum atomic E-state index is 0.398. The highest BCUT2D eigenvalue weighted by molar-refractivity contribution is 7.15. The molecule has 2 heterocycles. The van der Waals surface area contributed by atoms with Crippen LogP contribution < -0.4 is 5.32 Å². The van der Waals surface area contributed by atoms with Gasteiger partial charge in [-0.05, 0) is 44.7 Å². The molecular weight excluding hydrogens is 260 g/mol. The molecule has 0 aliphatic carbocycles. The second-order valence-electron chi connectivity index (χ2n) is 4.61. The Bertz CT molecular complexity index is 514. The topological polar surface area (TPSA) is 24.9 Å². The molecule has 0 saturated heterocycles. The Hall–Kier alpha value is -0.710. The Morgan fingerprint density at radius 3 is 2.72 bits per heavy atom. The maximum atomic E-state index is 4.73. The van der Waals surface area contributed by atoms with E-state index in [0.717, 1.165) is 17.2 Å². The molecule has 98 valence electrons. The second-order valence-corrected chi connectivity index (χ2v) is 6.39. The van der Waals surface area contributed by atoms with Crippen molar-refractivity contribution in [2.24, 2.45) is 0 Å². The molecule has 1 atom stereocenters. The van der Waals surface area contributed by atoms with Gasteiger partial charge in [-0.25, -0.2) is 4.98 Å². The first-order valence-corrected chi connectivity index (χ1v) is 8.13. The lowest BCUT2D eigenvalue weighted by atomic mass is 10.2. The van der Waals surface area contributed by atoms with Gasteiger partial charge >= 0.3 is 0 Å². The van der Waals surface area contributed by atoms with Gasteiger partial charge in [0.05, 0.1) is 5.69 Å². The van der Waals surface area contributed by atoms with Gasteiger partial charge < -0.3 is 5.32 Å². The van der Waals surface area contributed by atoms with Gasteiger partial charge in [0.25, 0.3) is 0 Å². The van der Waals surface area contributed by atoms with Crippen molar-refractivity contribution in [3.63, 3.8) is 0 Å². The third-order valence-corrected chi connectivity index (χ3v) is 5.25. The van der Waals surface area contributed by atoms with Crippen LogP contribution in [0.25, 0.3) is 10.6 Å². The standard InChI is InChI=1S/C14H20N2S2/c1-5-6-15-10(3)13-11(4)16-14(18-13)12-8-17-7-9(12)2/h7-8,10,15H,5-6H2,1-4H3. The quantitative estimate of drug-likeness (QED) is 0.869. The van der Waals surface area contributed by atoms with E-state index in [1.165, 1.54) is 22.4 Å². The summed E-state index contributed by atoms with van der Waals surface area (Å²) in [5.74, 6) is 0. The third kappa shape index (κ3) is 2.82. The van der Waals surface area contributed by atoms with Crippen molar-refractivity contribution in [2.75, 3.05) is 6.54 Å². The van der Waals surface area contributed by atoms with E-state index in [0.29, 0.717) is 6.04 Å². The van der Waals surface area contributed by atoms with E-state index in [-0.39, 0.29) is 0 Å². The Morgan fingerprint density at radius 2 is 2.11 bits per heavy atom. The van der Waals surface area contributed by atoms with E-state index in [4.69, 9.17) is 4.98 Å². The fraction of sp³-hybridized carbons (Fsp3) is 0.500. The molecule has 0 saturated carbocycles. The third-order valence-electron chi connectivity index (χ3n) is 3.01. The normalized spacial score (nSPS) is 12.9. The summed E-state index contributed by atoms with van der Waals surface area (Å²) in [6.45, 7) is 9.74. The van der Waals surface area contributed by atoms with Crippen molar-refractivity contribution in [3.05, 3.63) is 26.9 Å². The van der Waals surface area contributed by atoms with Crippen molar-refractivity contribution in [3.8, 4) is 10.6 Å². The number of aromatic nitrogens is 1. The predicted octanol–water partition coefficient (Wildman–Crippen LogP) is 4.55. The molecule has 0 spiro atoms. The lowest BCUT2D eigenvalue weighted by molar-refractivity contribution is 0.575. The average Bonchev–Trinajstić information content (AvgIpc) is 2.92. The van der Waals surface area contributed by atoms with E-state index < -0.39 is 0 Å². The molecule has 1 N–H and O–H groups in total. The molecule has 4 heteroatoms. The molecule has 0 amide bonds. The number of hydrogen-bond donors (Lipinski definition) is 1. The molecule has 18 heavy (non-hydrogen) atoms. The number of nitrogens with one attached hydrogen (secondary N) is 1. The number of rotatable bonds is 5. The lowest BCUT2D eigenvalue weighted by Gasteiger charge is -2.11. The summed E-state index contributed by atoms with van der Waals surface area (Å²) in [6.07, 6.45) is 1.17. The van der Waals surface area contributed by atoms with Crippen molar-refractivity contribution in [1.29, 1.82) is 0 Å². The Kier molecular flexibility index (Phi) is 4.54. The van der Waals surface area contributed by atoms with Gasteiger partial charge in [0, 0.05) is 21.9 Å². The lowest BCUT2D eigenvalue weighted by Crippen LogP contribution is -2.18. The first-order chi connectivity index (χ1) is 8.63. The van der Waals surface area contributed by atoms with E-state index in [9.17, 15) is 0 Å². The highest BCUT2D eigenvalue weighted by Gasteiger charge is 2.15. The van der Waals surface area contributed by atoms with Gasteiger partial charge in [0.15, 0.2) is 0 Å². The van der Waals surface area contributed by atoms with Crippen LogP contribution in [0, 0.1) is 13.8 Å². The van der Waals surface area contributed by atoms with Crippen molar-refractivity contribution in [2.45, 2.75) is 40.2 Å². The molecule has 1 unspecified atom stereocenters. The van der Waals surface area contributed by atoms with Crippen LogP contribution in [0.1, 0.15) is 42.4 Å². The minimum Gasteiger partial charge on any atom is -0.309 e. The zero-order valence-corrected chi connectivity index (χ0v) is 13.0. The molecular formula is C14H20N2S2. The Balaban J connectivity index is 2.24. The van der Waals surface area contributed by atoms with E-state index in [2.05, 4.69) is 43.8 Å². The van der Waals surface area contributed by atoms with Crippen LogP contribution in [0.4, 0.5) is 0 Å². The maximum Gasteiger partial charge on any atom is 0.125 e. The Labute approximate surface area is 117 Å². The summed E-state index contributed by atoms with van der Waals surface area (Å²) >= 11 is 3.57. The van der Waals surface area contributed by atoms with Crippen LogP contribution in [0.15, 0.2) is 10.8 Å². The summed E-state index contributed by atoms with van der Waals surface area (Å²) in [5, 5.41) is 9.08. The van der Waals surface area contributed by atoms with Crippen molar-refractivity contribution >= 4 is 22.7 Å². The van der Waals surface area contributed by atoms with Gasteiger partial charge in [-0.3, -0.25) is 0 Å². The summed E-state index contributed by atoms with van der Waals surface area (Å²) < 4.78 is 0. The molecule has 0 aliphatic heterocycles. The SMILES string of the molecule is CCCNC(C)c1sc(-c2cscc2C)nc1C. The van der Waals surface area contributed by atoms with E-state index in [1.807, 2.05) is 11.3 Å². The molecule has 0 bridgehead atoms. The van der Waals surface area contributed by atoms with Crippen LogP contribution in [-0.2, 0) is 0 Å². The molecule has 0 radical (unpaired) electrons. The first-order valence-electron chi connectivity index (χ1n) is 6.37. The van der Waals surface area contributed by atoms with Crippen LogP contribution in [0.5, 0.6) is 0 Å². The monoisotopic (exact) mass is 280 g/mol.